The van der Waals surface area contributed by atoms with Crippen LogP contribution in [0.4, 0.5) is 5.69 Å². The van der Waals surface area contributed by atoms with Crippen LogP contribution < -0.4 is 10.2 Å². The Bertz CT molecular complexity index is 1090. The van der Waals surface area contributed by atoms with E-state index < -0.39 is 0 Å². The largest absolute Gasteiger partial charge is 0.370 e. The number of fused-ring (bicyclic) bond motifs is 1. The Morgan fingerprint density at radius 1 is 1.31 bits per heavy atom. The highest BCUT2D eigenvalue weighted by atomic mass is 16.1. The van der Waals surface area contributed by atoms with Crippen molar-refractivity contribution in [3.63, 3.8) is 0 Å². The smallest absolute Gasteiger partial charge is 0.254 e. The van der Waals surface area contributed by atoms with Gasteiger partial charge in [-0.25, -0.2) is 0 Å². The first-order valence-corrected chi connectivity index (χ1v) is 9.87. The third kappa shape index (κ3) is 3.79. The van der Waals surface area contributed by atoms with Crippen LogP contribution in [0, 0.1) is 24.2 Å². The van der Waals surface area contributed by atoms with Gasteiger partial charge in [-0.1, -0.05) is 18.2 Å². The summed E-state index contributed by atoms with van der Waals surface area (Å²) in [5, 5.41) is 17.7. The average molecular weight is 388 g/mol. The molecule has 7 heteroatoms. The lowest BCUT2D eigenvalue weighted by Gasteiger charge is -2.34. The second-order valence-electron chi connectivity index (χ2n) is 7.65. The standard InChI is InChI=1S/C22H24N6O/c1-15-4-3-5-19-20(15)24-12-17(10-23)21(19)28-8-6-16(7-9-28)11-25-22(29)18-13-26-27(2)14-18/h3-5,12-14,16H,6-9,11H2,1-2H3,(H,25,29). The fourth-order valence-corrected chi connectivity index (χ4v) is 4.02. The quantitative estimate of drug-likeness (QED) is 0.743. The van der Waals surface area contributed by atoms with Crippen molar-refractivity contribution in [3.8, 4) is 6.07 Å². The van der Waals surface area contributed by atoms with Crippen LogP contribution in [0.1, 0.15) is 34.3 Å². The summed E-state index contributed by atoms with van der Waals surface area (Å²) in [5.41, 5.74) is 4.25. The van der Waals surface area contributed by atoms with Crippen LogP contribution in [0.3, 0.4) is 0 Å². The molecular formula is C22H24N6O. The highest BCUT2D eigenvalue weighted by Gasteiger charge is 2.24. The summed E-state index contributed by atoms with van der Waals surface area (Å²) in [4.78, 5) is 19.0. The molecule has 4 rings (SSSR count). The Labute approximate surface area is 170 Å². The van der Waals surface area contributed by atoms with Gasteiger partial charge < -0.3 is 10.2 Å². The van der Waals surface area contributed by atoms with Gasteiger partial charge in [0, 0.05) is 44.5 Å². The molecule has 1 N–H and O–H groups in total. The predicted molar refractivity (Wildman–Crippen MR) is 112 cm³/mol. The monoisotopic (exact) mass is 388 g/mol. The van der Waals surface area contributed by atoms with Crippen molar-refractivity contribution in [2.24, 2.45) is 13.0 Å². The number of benzene rings is 1. The van der Waals surface area contributed by atoms with Gasteiger partial charge in [0.1, 0.15) is 6.07 Å². The number of hydrogen-bond acceptors (Lipinski definition) is 5. The zero-order valence-corrected chi connectivity index (χ0v) is 16.7. The molecule has 0 atom stereocenters. The molecule has 0 saturated carbocycles. The lowest BCUT2D eigenvalue weighted by Crippen LogP contribution is -2.39. The third-order valence-electron chi connectivity index (χ3n) is 5.64. The number of nitriles is 1. The second-order valence-corrected chi connectivity index (χ2v) is 7.65. The number of nitrogens with one attached hydrogen (secondary N) is 1. The number of hydrogen-bond donors (Lipinski definition) is 1. The SMILES string of the molecule is Cc1cccc2c(N3CCC(CNC(=O)c4cnn(C)c4)CC3)c(C#N)cnc12. The average Bonchev–Trinajstić information content (AvgIpc) is 3.18. The Balaban J connectivity index is 1.44. The molecule has 3 aromatic rings. The van der Waals surface area contributed by atoms with E-state index in [4.69, 9.17) is 0 Å². The van der Waals surface area contributed by atoms with E-state index in [0.29, 0.717) is 23.6 Å². The van der Waals surface area contributed by atoms with Crippen molar-refractivity contribution in [1.29, 1.82) is 5.26 Å². The molecule has 1 amide bonds. The van der Waals surface area contributed by atoms with Crippen LogP contribution in [0.15, 0.2) is 36.8 Å². The van der Waals surface area contributed by atoms with Crippen molar-refractivity contribution >= 4 is 22.5 Å². The van der Waals surface area contributed by atoms with E-state index in [9.17, 15) is 10.1 Å². The molecule has 0 bridgehead atoms. The molecule has 3 heterocycles. The van der Waals surface area contributed by atoms with Gasteiger partial charge in [-0.05, 0) is 31.2 Å². The topological polar surface area (TPSA) is 86.8 Å². The van der Waals surface area contributed by atoms with Crippen LogP contribution in [0.5, 0.6) is 0 Å². The van der Waals surface area contributed by atoms with E-state index in [2.05, 4.69) is 26.4 Å². The van der Waals surface area contributed by atoms with Gasteiger partial charge in [0.05, 0.1) is 28.5 Å². The number of carbonyl (C=O) groups is 1. The number of nitrogens with zero attached hydrogens (tertiary/aromatic N) is 5. The minimum atomic E-state index is -0.0806. The summed E-state index contributed by atoms with van der Waals surface area (Å²) in [6, 6.07) is 8.42. The molecule has 29 heavy (non-hydrogen) atoms. The summed E-state index contributed by atoms with van der Waals surface area (Å²) in [6.07, 6.45) is 6.92. The number of amides is 1. The summed E-state index contributed by atoms with van der Waals surface area (Å²) in [7, 11) is 1.80. The normalized spacial score (nSPS) is 14.7. The van der Waals surface area contributed by atoms with Crippen molar-refractivity contribution in [3.05, 3.63) is 53.5 Å². The van der Waals surface area contributed by atoms with Crippen LogP contribution in [-0.2, 0) is 7.05 Å². The molecule has 0 unspecified atom stereocenters. The Hall–Kier alpha value is -3.40. The molecule has 1 aliphatic rings. The van der Waals surface area contributed by atoms with Crippen molar-refractivity contribution < 1.29 is 4.79 Å². The molecule has 1 fully saturated rings. The Kier molecular flexibility index (Phi) is 5.17. The lowest BCUT2D eigenvalue weighted by atomic mass is 9.95. The number of aromatic nitrogens is 3. The zero-order valence-electron chi connectivity index (χ0n) is 16.7. The maximum absolute atomic E-state index is 12.2. The van der Waals surface area contributed by atoms with Crippen LogP contribution >= 0.6 is 0 Å². The number of aryl methyl sites for hydroxylation is 2. The fraction of sp³-hybridized carbons (Fsp3) is 0.364. The van der Waals surface area contributed by atoms with E-state index in [1.54, 1.807) is 30.3 Å². The fourth-order valence-electron chi connectivity index (χ4n) is 4.02. The molecule has 7 nitrogen and oxygen atoms in total. The summed E-state index contributed by atoms with van der Waals surface area (Å²) in [6.45, 7) is 4.41. The van der Waals surface area contributed by atoms with Crippen LogP contribution in [0.25, 0.3) is 10.9 Å². The number of carbonyl (C=O) groups excluding carboxylic acids is 1. The Morgan fingerprint density at radius 3 is 2.79 bits per heavy atom. The summed E-state index contributed by atoms with van der Waals surface area (Å²) >= 11 is 0. The first kappa shape index (κ1) is 18.9. The van der Waals surface area contributed by atoms with E-state index in [1.165, 1.54) is 0 Å². The molecule has 0 radical (unpaired) electrons. The third-order valence-corrected chi connectivity index (χ3v) is 5.64. The van der Waals surface area contributed by atoms with E-state index in [1.807, 2.05) is 25.1 Å². The maximum atomic E-state index is 12.2. The minimum absolute atomic E-state index is 0.0806. The van der Waals surface area contributed by atoms with Gasteiger partial charge in [-0.3, -0.25) is 14.5 Å². The highest BCUT2D eigenvalue weighted by molar-refractivity contribution is 5.96. The minimum Gasteiger partial charge on any atom is -0.370 e. The highest BCUT2D eigenvalue weighted by Crippen LogP contribution is 2.33. The first-order chi connectivity index (χ1) is 14.1. The van der Waals surface area contributed by atoms with E-state index >= 15 is 0 Å². The molecule has 1 saturated heterocycles. The van der Waals surface area contributed by atoms with Crippen molar-refractivity contribution in [2.75, 3.05) is 24.5 Å². The van der Waals surface area contributed by atoms with Gasteiger partial charge in [0.2, 0.25) is 0 Å². The summed E-state index contributed by atoms with van der Waals surface area (Å²) < 4.78 is 1.63. The number of anilines is 1. The van der Waals surface area contributed by atoms with Crippen molar-refractivity contribution in [1.82, 2.24) is 20.1 Å². The van der Waals surface area contributed by atoms with Gasteiger partial charge in [-0.2, -0.15) is 10.4 Å². The molecule has 1 aromatic carbocycles. The van der Waals surface area contributed by atoms with E-state index in [0.717, 1.165) is 48.1 Å². The molecule has 0 aliphatic carbocycles. The maximum Gasteiger partial charge on any atom is 0.254 e. The lowest BCUT2D eigenvalue weighted by molar-refractivity contribution is 0.0945. The molecule has 148 valence electrons. The summed E-state index contributed by atoms with van der Waals surface area (Å²) in [5.74, 6) is 0.343. The number of pyridine rings is 1. The number of piperidine rings is 1. The predicted octanol–water partition coefficient (Wildman–Crippen LogP) is 2.79. The number of para-hydroxylation sites is 1. The first-order valence-electron chi connectivity index (χ1n) is 9.87. The second kappa shape index (κ2) is 7.92. The van der Waals surface area contributed by atoms with Gasteiger partial charge >= 0.3 is 0 Å². The van der Waals surface area contributed by atoms with Crippen LogP contribution in [-0.4, -0.2) is 40.3 Å². The van der Waals surface area contributed by atoms with E-state index in [-0.39, 0.29) is 5.91 Å². The number of rotatable bonds is 4. The van der Waals surface area contributed by atoms with Crippen LogP contribution in [0.2, 0.25) is 0 Å². The zero-order chi connectivity index (χ0) is 20.4. The van der Waals surface area contributed by atoms with Gasteiger partial charge in [-0.15, -0.1) is 0 Å². The molecule has 1 aliphatic heterocycles. The van der Waals surface area contributed by atoms with Crippen molar-refractivity contribution in [2.45, 2.75) is 19.8 Å². The molecule has 2 aromatic heterocycles. The van der Waals surface area contributed by atoms with Gasteiger partial charge in [0.25, 0.3) is 5.91 Å². The Morgan fingerprint density at radius 2 is 2.10 bits per heavy atom. The molecule has 0 spiro atoms. The molecular weight excluding hydrogens is 364 g/mol. The van der Waals surface area contributed by atoms with Gasteiger partial charge in [0.15, 0.2) is 0 Å².